The second kappa shape index (κ2) is 5.99. The summed E-state index contributed by atoms with van der Waals surface area (Å²) in [5.41, 5.74) is 2.34. The molecule has 0 amide bonds. The topological polar surface area (TPSA) is 68.9 Å². The molecule has 4 aromatic rings. The molecule has 23 heavy (non-hydrogen) atoms. The average Bonchev–Trinajstić information content (AvgIpc) is 3.22. The molecule has 0 unspecified atom stereocenters. The number of aryl methyl sites for hydroxylation is 2. The average molecular weight is 360 g/mol. The van der Waals surface area contributed by atoms with E-state index in [4.69, 9.17) is 0 Å². The Bertz CT molecular complexity index is 953. The number of rotatable bonds is 4. The van der Waals surface area contributed by atoms with Gasteiger partial charge in [0.25, 0.3) is 0 Å². The predicted octanol–water partition coefficient (Wildman–Crippen LogP) is 3.61. The molecule has 0 fully saturated rings. The van der Waals surface area contributed by atoms with Crippen LogP contribution in [0.1, 0.15) is 16.4 Å². The first-order valence-electron chi connectivity index (χ1n) is 6.90. The van der Waals surface area contributed by atoms with E-state index < -0.39 is 0 Å². The number of benzene rings is 1. The van der Waals surface area contributed by atoms with E-state index in [1.807, 2.05) is 11.4 Å². The lowest BCUT2D eigenvalue weighted by Crippen LogP contribution is -1.94. The molecule has 0 N–H and O–H groups in total. The van der Waals surface area contributed by atoms with Gasteiger partial charge in [-0.2, -0.15) is 9.61 Å². The predicted molar refractivity (Wildman–Crippen MR) is 93.0 cm³/mol. The van der Waals surface area contributed by atoms with E-state index >= 15 is 0 Å². The van der Waals surface area contributed by atoms with Crippen molar-refractivity contribution in [2.75, 3.05) is 0 Å². The third-order valence-electron chi connectivity index (χ3n) is 3.19. The van der Waals surface area contributed by atoms with Crippen LogP contribution in [0.25, 0.3) is 15.5 Å². The summed E-state index contributed by atoms with van der Waals surface area (Å²) in [6.45, 7) is 4.03. The highest BCUT2D eigenvalue weighted by Gasteiger charge is 2.14. The van der Waals surface area contributed by atoms with Crippen molar-refractivity contribution in [1.82, 2.24) is 30.0 Å². The van der Waals surface area contributed by atoms with Crippen molar-refractivity contribution in [2.24, 2.45) is 0 Å². The molecule has 0 bridgehead atoms. The molecule has 3 heterocycles. The van der Waals surface area contributed by atoms with E-state index in [0.29, 0.717) is 5.75 Å². The van der Waals surface area contributed by atoms with Crippen molar-refractivity contribution in [2.45, 2.75) is 23.9 Å². The van der Waals surface area contributed by atoms with Gasteiger partial charge in [0.2, 0.25) is 4.96 Å². The quantitative estimate of drug-likeness (QED) is 0.518. The number of hydrogen-bond acceptors (Lipinski definition) is 8. The third-order valence-corrected chi connectivity index (χ3v) is 6.10. The number of aromatic nitrogens is 6. The normalized spacial score (nSPS) is 11.4. The fraction of sp³-hybridized carbons (Fsp3) is 0.214. The summed E-state index contributed by atoms with van der Waals surface area (Å²) in [6.07, 6.45) is 0. The summed E-state index contributed by atoms with van der Waals surface area (Å²) in [7, 11) is 0. The van der Waals surface area contributed by atoms with E-state index in [9.17, 15) is 0 Å². The standard InChI is InChI=1S/C14H12N6S3/c1-8-3-5-10(6-4-8)12-19-20-11(16-17-13(20)23-12)7-21-14-18-15-9(2)22-14/h3-6H,7H2,1-2H3. The summed E-state index contributed by atoms with van der Waals surface area (Å²) in [6, 6.07) is 8.34. The summed E-state index contributed by atoms with van der Waals surface area (Å²) < 4.78 is 2.76. The van der Waals surface area contributed by atoms with Crippen LogP contribution in [0.5, 0.6) is 0 Å². The van der Waals surface area contributed by atoms with Crippen LogP contribution in [-0.4, -0.2) is 30.0 Å². The first-order valence-corrected chi connectivity index (χ1v) is 9.52. The molecular formula is C14H12N6S3. The van der Waals surface area contributed by atoms with Gasteiger partial charge in [0.1, 0.15) is 10.0 Å². The van der Waals surface area contributed by atoms with Crippen LogP contribution in [0.2, 0.25) is 0 Å². The Labute approximate surface area is 144 Å². The van der Waals surface area contributed by atoms with Gasteiger partial charge in [0.05, 0.1) is 5.75 Å². The fourth-order valence-electron chi connectivity index (χ4n) is 2.02. The minimum atomic E-state index is 0.673. The molecule has 0 atom stereocenters. The van der Waals surface area contributed by atoms with Crippen LogP contribution in [0.15, 0.2) is 28.6 Å². The van der Waals surface area contributed by atoms with Crippen LogP contribution in [0.3, 0.4) is 0 Å². The lowest BCUT2D eigenvalue weighted by Gasteiger charge is -1.96. The second-order valence-corrected chi connectivity index (χ2v) is 8.32. The van der Waals surface area contributed by atoms with Gasteiger partial charge in [-0.25, -0.2) is 0 Å². The zero-order valence-electron chi connectivity index (χ0n) is 12.4. The van der Waals surface area contributed by atoms with Gasteiger partial charge in [-0.15, -0.1) is 20.4 Å². The first kappa shape index (κ1) is 14.7. The summed E-state index contributed by atoms with van der Waals surface area (Å²) >= 11 is 4.74. The van der Waals surface area contributed by atoms with Crippen LogP contribution >= 0.6 is 34.4 Å². The molecule has 0 radical (unpaired) electrons. The van der Waals surface area contributed by atoms with E-state index in [2.05, 4.69) is 56.7 Å². The van der Waals surface area contributed by atoms with Crippen LogP contribution in [0.4, 0.5) is 0 Å². The third kappa shape index (κ3) is 2.99. The molecule has 116 valence electrons. The molecule has 9 heteroatoms. The van der Waals surface area contributed by atoms with Crippen molar-refractivity contribution in [3.05, 3.63) is 40.7 Å². The van der Waals surface area contributed by atoms with Gasteiger partial charge in [0, 0.05) is 5.56 Å². The number of fused-ring (bicyclic) bond motifs is 1. The summed E-state index contributed by atoms with van der Waals surface area (Å²) in [5, 5.41) is 23.2. The molecule has 0 saturated heterocycles. The monoisotopic (exact) mass is 360 g/mol. The molecule has 0 aliphatic carbocycles. The molecule has 0 aliphatic heterocycles. The SMILES string of the molecule is Cc1ccc(-c2nn3c(CSc4nnc(C)s4)nnc3s2)cc1. The van der Waals surface area contributed by atoms with Gasteiger partial charge in [0.15, 0.2) is 10.2 Å². The number of thioether (sulfide) groups is 1. The van der Waals surface area contributed by atoms with Crippen LogP contribution in [-0.2, 0) is 5.75 Å². The van der Waals surface area contributed by atoms with Crippen molar-refractivity contribution >= 4 is 39.4 Å². The lowest BCUT2D eigenvalue weighted by molar-refractivity contribution is 0.886. The van der Waals surface area contributed by atoms with Gasteiger partial charge in [-0.1, -0.05) is 64.3 Å². The molecule has 0 aliphatic rings. The maximum absolute atomic E-state index is 4.65. The van der Waals surface area contributed by atoms with Crippen LogP contribution < -0.4 is 0 Å². The highest BCUT2D eigenvalue weighted by atomic mass is 32.2. The Morgan fingerprint density at radius 1 is 1.00 bits per heavy atom. The van der Waals surface area contributed by atoms with E-state index in [-0.39, 0.29) is 0 Å². The largest absolute Gasteiger partial charge is 0.235 e. The van der Waals surface area contributed by atoms with E-state index in [1.54, 1.807) is 34.4 Å². The molecule has 4 rings (SSSR count). The Morgan fingerprint density at radius 3 is 2.57 bits per heavy atom. The Morgan fingerprint density at radius 2 is 1.83 bits per heavy atom. The second-order valence-electron chi connectivity index (χ2n) is 4.96. The maximum atomic E-state index is 4.65. The highest BCUT2D eigenvalue weighted by molar-refractivity contribution is 8.00. The molecule has 0 saturated carbocycles. The lowest BCUT2D eigenvalue weighted by atomic mass is 10.2. The molecular weight excluding hydrogens is 348 g/mol. The van der Waals surface area contributed by atoms with Crippen LogP contribution in [0, 0.1) is 13.8 Å². The Hall–Kier alpha value is -1.84. The number of nitrogens with zero attached hydrogens (tertiary/aromatic N) is 6. The Balaban J connectivity index is 1.60. The van der Waals surface area contributed by atoms with E-state index in [0.717, 1.165) is 30.7 Å². The van der Waals surface area contributed by atoms with Crippen molar-refractivity contribution in [3.63, 3.8) is 0 Å². The first-order chi connectivity index (χ1) is 11.2. The highest BCUT2D eigenvalue weighted by Crippen LogP contribution is 2.28. The molecule has 6 nitrogen and oxygen atoms in total. The maximum Gasteiger partial charge on any atom is 0.235 e. The van der Waals surface area contributed by atoms with Crippen molar-refractivity contribution in [1.29, 1.82) is 0 Å². The summed E-state index contributed by atoms with van der Waals surface area (Å²) in [4.78, 5) is 0.810. The van der Waals surface area contributed by atoms with Gasteiger partial charge < -0.3 is 0 Å². The Kier molecular flexibility index (Phi) is 3.83. The van der Waals surface area contributed by atoms with Crippen molar-refractivity contribution < 1.29 is 0 Å². The fourth-order valence-corrected chi connectivity index (χ4v) is 4.61. The zero-order chi connectivity index (χ0) is 15.8. The number of hydrogen-bond donors (Lipinski definition) is 0. The zero-order valence-corrected chi connectivity index (χ0v) is 14.9. The minimum absolute atomic E-state index is 0.673. The minimum Gasteiger partial charge on any atom is -0.186 e. The van der Waals surface area contributed by atoms with Gasteiger partial charge >= 0.3 is 0 Å². The summed E-state index contributed by atoms with van der Waals surface area (Å²) in [5.74, 6) is 1.50. The van der Waals surface area contributed by atoms with Crippen molar-refractivity contribution in [3.8, 4) is 10.6 Å². The smallest absolute Gasteiger partial charge is 0.186 e. The molecule has 0 spiro atoms. The molecule has 1 aromatic carbocycles. The van der Waals surface area contributed by atoms with Gasteiger partial charge in [-0.3, -0.25) is 0 Å². The molecule has 3 aromatic heterocycles. The van der Waals surface area contributed by atoms with E-state index in [1.165, 1.54) is 5.56 Å². The van der Waals surface area contributed by atoms with Gasteiger partial charge in [-0.05, 0) is 13.8 Å².